The van der Waals surface area contributed by atoms with Crippen LogP contribution in [0.25, 0.3) is 22.1 Å². The van der Waals surface area contributed by atoms with E-state index >= 15 is 0 Å². The minimum atomic E-state index is -0.283. The maximum Gasteiger partial charge on any atom is 0.258 e. The number of aromatic amines is 2. The molecule has 2 heterocycles. The predicted molar refractivity (Wildman–Crippen MR) is 120 cm³/mol. The maximum absolute atomic E-state index is 12.7. The summed E-state index contributed by atoms with van der Waals surface area (Å²) in [5, 5.41) is 6.83. The minimum absolute atomic E-state index is 0.283. The van der Waals surface area contributed by atoms with E-state index in [0.29, 0.717) is 44.2 Å². The fraction of sp³-hybridized carbons (Fsp3) is 0. The Morgan fingerprint density at radius 1 is 0.800 bits per heavy atom. The Morgan fingerprint density at radius 3 is 2.30 bits per heavy atom. The summed E-state index contributed by atoms with van der Waals surface area (Å²) in [5.74, 6) is 0.575. The van der Waals surface area contributed by atoms with Gasteiger partial charge in [0.25, 0.3) is 5.91 Å². The molecule has 0 saturated heterocycles. The Morgan fingerprint density at radius 2 is 1.50 bits per heavy atom. The number of nitrogens with zero attached hydrogens (tertiary/aromatic N) is 2. The number of amides is 1. The highest BCUT2D eigenvalue weighted by Crippen LogP contribution is 2.32. The molecule has 0 saturated carbocycles. The molecular formula is C21H14Cl2N6O. The lowest BCUT2D eigenvalue weighted by Crippen LogP contribution is -2.12. The van der Waals surface area contributed by atoms with Crippen LogP contribution < -0.4 is 10.6 Å². The van der Waals surface area contributed by atoms with Crippen LogP contribution in [0.15, 0.2) is 60.7 Å². The molecule has 5 aromatic rings. The quantitative estimate of drug-likeness (QED) is 0.288. The van der Waals surface area contributed by atoms with Crippen LogP contribution in [-0.4, -0.2) is 25.8 Å². The number of fused-ring (bicyclic) bond motifs is 2. The van der Waals surface area contributed by atoms with Gasteiger partial charge in [0.05, 0.1) is 37.8 Å². The first kappa shape index (κ1) is 18.5. The van der Waals surface area contributed by atoms with Crippen LogP contribution in [0.4, 0.5) is 17.6 Å². The molecule has 0 spiro atoms. The highest BCUT2D eigenvalue weighted by molar-refractivity contribution is 6.39. The van der Waals surface area contributed by atoms with Gasteiger partial charge >= 0.3 is 0 Å². The monoisotopic (exact) mass is 436 g/mol. The number of H-pyrrole nitrogens is 2. The van der Waals surface area contributed by atoms with E-state index in [0.717, 1.165) is 11.0 Å². The van der Waals surface area contributed by atoms with Crippen LogP contribution in [0.5, 0.6) is 0 Å². The first-order chi connectivity index (χ1) is 14.6. The molecule has 0 fully saturated rings. The standard InChI is InChI=1S/C21H14Cl2N6O/c22-12-4-3-5-13(23)18(12)28-20-26-16-9-8-11(10-17(16)27-20)19(30)29-21-24-14-6-1-2-7-15(14)25-21/h1-10H,(H2,26,27,28)(H2,24,25,29,30). The average Bonchev–Trinajstić information content (AvgIpc) is 3.32. The molecule has 0 aliphatic carbocycles. The first-order valence-corrected chi connectivity index (χ1v) is 9.79. The van der Waals surface area contributed by atoms with E-state index in [9.17, 15) is 4.79 Å². The predicted octanol–water partition coefficient (Wildman–Crippen LogP) is 5.74. The summed E-state index contributed by atoms with van der Waals surface area (Å²) < 4.78 is 0. The van der Waals surface area contributed by atoms with E-state index < -0.39 is 0 Å². The van der Waals surface area contributed by atoms with Crippen LogP contribution >= 0.6 is 23.2 Å². The van der Waals surface area contributed by atoms with E-state index in [1.54, 1.807) is 36.4 Å². The highest BCUT2D eigenvalue weighted by Gasteiger charge is 2.13. The molecule has 0 aliphatic heterocycles. The van der Waals surface area contributed by atoms with E-state index in [2.05, 4.69) is 30.6 Å². The van der Waals surface area contributed by atoms with Crippen molar-refractivity contribution in [2.75, 3.05) is 10.6 Å². The molecule has 1 amide bonds. The lowest BCUT2D eigenvalue weighted by molar-refractivity contribution is 0.102. The van der Waals surface area contributed by atoms with Gasteiger partial charge in [-0.15, -0.1) is 0 Å². The Balaban J connectivity index is 1.40. The first-order valence-electron chi connectivity index (χ1n) is 9.04. The molecule has 0 radical (unpaired) electrons. The second kappa shape index (κ2) is 7.37. The second-order valence-corrected chi connectivity index (χ2v) is 7.41. The number of hydrogen-bond donors (Lipinski definition) is 4. The molecule has 2 aromatic heterocycles. The normalized spacial score (nSPS) is 11.1. The summed E-state index contributed by atoms with van der Waals surface area (Å²) in [6.07, 6.45) is 0. The summed E-state index contributed by atoms with van der Waals surface area (Å²) in [4.78, 5) is 27.7. The fourth-order valence-electron chi connectivity index (χ4n) is 3.14. The number of hydrogen-bond acceptors (Lipinski definition) is 4. The SMILES string of the molecule is O=C(Nc1nc2ccccc2[nH]1)c1ccc2nc(Nc3c(Cl)cccc3Cl)[nH]c2c1. The van der Waals surface area contributed by atoms with Gasteiger partial charge in [-0.3, -0.25) is 10.1 Å². The van der Waals surface area contributed by atoms with Gasteiger partial charge in [-0.25, -0.2) is 9.97 Å². The third-order valence-electron chi connectivity index (χ3n) is 4.57. The van der Waals surface area contributed by atoms with Crippen molar-refractivity contribution in [2.45, 2.75) is 0 Å². The van der Waals surface area contributed by atoms with Gasteiger partial charge in [-0.2, -0.15) is 0 Å². The van der Waals surface area contributed by atoms with Crippen molar-refractivity contribution in [1.82, 2.24) is 19.9 Å². The number of para-hydroxylation sites is 3. The molecule has 0 unspecified atom stereocenters. The van der Waals surface area contributed by atoms with Gasteiger partial charge in [0.2, 0.25) is 11.9 Å². The zero-order chi connectivity index (χ0) is 20.7. The van der Waals surface area contributed by atoms with E-state index in [4.69, 9.17) is 23.2 Å². The number of aromatic nitrogens is 4. The van der Waals surface area contributed by atoms with Crippen LogP contribution in [0, 0.1) is 0 Å². The van der Waals surface area contributed by atoms with Gasteiger partial charge in [-0.1, -0.05) is 41.4 Å². The third-order valence-corrected chi connectivity index (χ3v) is 5.20. The van der Waals surface area contributed by atoms with E-state index in [1.807, 2.05) is 24.3 Å². The Kier molecular flexibility index (Phi) is 4.54. The molecule has 3 aromatic carbocycles. The number of benzene rings is 3. The van der Waals surface area contributed by atoms with Gasteiger partial charge in [0, 0.05) is 5.56 Å². The number of carbonyl (C=O) groups is 1. The Hall–Kier alpha value is -3.55. The van der Waals surface area contributed by atoms with Gasteiger partial charge in [0.15, 0.2) is 0 Å². The summed E-state index contributed by atoms with van der Waals surface area (Å²) in [7, 11) is 0. The van der Waals surface area contributed by atoms with Crippen molar-refractivity contribution in [2.24, 2.45) is 0 Å². The summed E-state index contributed by atoms with van der Waals surface area (Å²) in [6, 6.07) is 18.0. The molecule has 4 N–H and O–H groups in total. The highest BCUT2D eigenvalue weighted by atomic mass is 35.5. The smallest absolute Gasteiger partial charge is 0.258 e. The maximum atomic E-state index is 12.7. The number of carbonyl (C=O) groups excluding carboxylic acids is 1. The van der Waals surface area contributed by atoms with Crippen molar-refractivity contribution in [3.05, 3.63) is 76.3 Å². The zero-order valence-electron chi connectivity index (χ0n) is 15.3. The largest absolute Gasteiger partial charge is 0.324 e. The second-order valence-electron chi connectivity index (χ2n) is 6.60. The zero-order valence-corrected chi connectivity index (χ0v) is 16.8. The Labute approximate surface area is 180 Å². The number of imidazole rings is 2. The number of halogens is 2. The average molecular weight is 437 g/mol. The molecule has 0 aliphatic rings. The summed E-state index contributed by atoms with van der Waals surface area (Å²) >= 11 is 12.4. The van der Waals surface area contributed by atoms with Gasteiger partial charge < -0.3 is 15.3 Å². The van der Waals surface area contributed by atoms with Crippen LogP contribution in [-0.2, 0) is 0 Å². The topological polar surface area (TPSA) is 98.5 Å². The fourth-order valence-corrected chi connectivity index (χ4v) is 3.63. The molecule has 9 heteroatoms. The van der Waals surface area contributed by atoms with Crippen LogP contribution in [0.2, 0.25) is 10.0 Å². The summed E-state index contributed by atoms with van der Waals surface area (Å²) in [6.45, 7) is 0. The number of nitrogens with one attached hydrogen (secondary N) is 4. The lowest BCUT2D eigenvalue weighted by Gasteiger charge is -2.06. The Bertz CT molecular complexity index is 1350. The van der Waals surface area contributed by atoms with Crippen molar-refractivity contribution in [3.63, 3.8) is 0 Å². The number of anilines is 3. The minimum Gasteiger partial charge on any atom is -0.324 e. The molecular weight excluding hydrogens is 423 g/mol. The molecule has 30 heavy (non-hydrogen) atoms. The van der Waals surface area contributed by atoms with Crippen molar-refractivity contribution in [3.8, 4) is 0 Å². The van der Waals surface area contributed by atoms with Crippen molar-refractivity contribution in [1.29, 1.82) is 0 Å². The molecule has 0 atom stereocenters. The van der Waals surface area contributed by atoms with Crippen molar-refractivity contribution >= 4 is 68.8 Å². The molecule has 5 rings (SSSR count). The van der Waals surface area contributed by atoms with Crippen LogP contribution in [0.3, 0.4) is 0 Å². The van der Waals surface area contributed by atoms with E-state index in [1.165, 1.54) is 0 Å². The summed E-state index contributed by atoms with van der Waals surface area (Å²) in [5.41, 5.74) is 4.05. The van der Waals surface area contributed by atoms with E-state index in [-0.39, 0.29) is 5.91 Å². The van der Waals surface area contributed by atoms with Crippen LogP contribution in [0.1, 0.15) is 10.4 Å². The third kappa shape index (κ3) is 3.45. The molecule has 148 valence electrons. The van der Waals surface area contributed by atoms with Crippen molar-refractivity contribution < 1.29 is 4.79 Å². The lowest BCUT2D eigenvalue weighted by atomic mass is 10.2. The van der Waals surface area contributed by atoms with Gasteiger partial charge in [-0.05, 0) is 42.5 Å². The number of rotatable bonds is 4. The van der Waals surface area contributed by atoms with Gasteiger partial charge in [0.1, 0.15) is 0 Å². The molecule has 7 nitrogen and oxygen atoms in total. The molecule has 0 bridgehead atoms.